The van der Waals surface area contributed by atoms with Gasteiger partial charge in [0.15, 0.2) is 0 Å². The molecule has 0 aliphatic heterocycles. The summed E-state index contributed by atoms with van der Waals surface area (Å²) in [6.45, 7) is 4.61. The molecule has 2 amide bonds. The van der Waals surface area contributed by atoms with Crippen LogP contribution in [0.4, 0.5) is 9.80 Å². The van der Waals surface area contributed by atoms with Crippen molar-refractivity contribution in [3.8, 4) is 0 Å². The third-order valence-corrected chi connectivity index (χ3v) is 3.76. The highest BCUT2D eigenvalue weighted by Gasteiger charge is 2.19. The molecule has 6 nitrogen and oxygen atoms in total. The Morgan fingerprint density at radius 1 is 1.37 bits per heavy atom. The molecule has 0 radical (unpaired) electrons. The van der Waals surface area contributed by atoms with Gasteiger partial charge in [0.2, 0.25) is 0 Å². The van der Waals surface area contributed by atoms with E-state index in [1.807, 2.05) is 6.92 Å². The fourth-order valence-corrected chi connectivity index (χ4v) is 2.59. The van der Waals surface area contributed by atoms with E-state index in [0.29, 0.717) is 30.1 Å². The molecule has 19 heavy (non-hydrogen) atoms. The van der Waals surface area contributed by atoms with E-state index in [9.17, 15) is 9.59 Å². The van der Waals surface area contributed by atoms with E-state index >= 15 is 0 Å². The standard InChI is InChI=1S/C12H18N2O4S/c1-7-8(2)19-10(9(7)11(15)16)14-12(17)13-5-4-6-18-3/h4-6H2,1-3H3,(H,15,16)(H2,13,14,17). The number of thiophene rings is 1. The number of carbonyl (C=O) groups is 2. The first-order chi connectivity index (χ1) is 8.97. The van der Waals surface area contributed by atoms with Crippen molar-refractivity contribution in [1.29, 1.82) is 0 Å². The van der Waals surface area contributed by atoms with Gasteiger partial charge in [-0.15, -0.1) is 11.3 Å². The average Bonchev–Trinajstić information content (AvgIpc) is 2.60. The number of carboxylic acid groups (broad SMARTS) is 1. The first kappa shape index (κ1) is 15.5. The molecule has 0 saturated carbocycles. The van der Waals surface area contributed by atoms with E-state index in [4.69, 9.17) is 9.84 Å². The quantitative estimate of drug-likeness (QED) is 0.700. The molecule has 0 aliphatic carbocycles. The number of methoxy groups -OCH3 is 1. The molecule has 106 valence electrons. The number of urea groups is 1. The molecule has 1 aromatic rings. The van der Waals surface area contributed by atoms with E-state index in [0.717, 1.165) is 4.88 Å². The lowest BCUT2D eigenvalue weighted by Gasteiger charge is -2.06. The molecule has 1 rings (SSSR count). The van der Waals surface area contributed by atoms with E-state index < -0.39 is 12.0 Å². The Balaban J connectivity index is 2.64. The molecular formula is C12H18N2O4S. The van der Waals surface area contributed by atoms with Gasteiger partial charge < -0.3 is 15.2 Å². The van der Waals surface area contributed by atoms with Gasteiger partial charge in [0.25, 0.3) is 0 Å². The van der Waals surface area contributed by atoms with Gasteiger partial charge in [-0.1, -0.05) is 0 Å². The van der Waals surface area contributed by atoms with Crippen LogP contribution in [0.15, 0.2) is 0 Å². The van der Waals surface area contributed by atoms with Crippen molar-refractivity contribution in [2.45, 2.75) is 20.3 Å². The largest absolute Gasteiger partial charge is 0.478 e. The predicted molar refractivity (Wildman–Crippen MR) is 74.3 cm³/mol. The third-order valence-electron chi connectivity index (χ3n) is 2.64. The van der Waals surface area contributed by atoms with Gasteiger partial charge in [-0.05, 0) is 25.8 Å². The van der Waals surface area contributed by atoms with Crippen LogP contribution in [0.3, 0.4) is 0 Å². The summed E-state index contributed by atoms with van der Waals surface area (Å²) in [5.41, 5.74) is 0.849. The fourth-order valence-electron chi connectivity index (χ4n) is 1.54. The number of carboxylic acids is 1. The zero-order valence-electron chi connectivity index (χ0n) is 11.2. The zero-order valence-corrected chi connectivity index (χ0v) is 12.0. The van der Waals surface area contributed by atoms with Crippen LogP contribution in [-0.4, -0.2) is 37.4 Å². The van der Waals surface area contributed by atoms with Crippen LogP contribution in [-0.2, 0) is 4.74 Å². The number of nitrogens with one attached hydrogen (secondary N) is 2. The fraction of sp³-hybridized carbons (Fsp3) is 0.500. The summed E-state index contributed by atoms with van der Waals surface area (Å²) in [5, 5.41) is 14.7. The lowest BCUT2D eigenvalue weighted by atomic mass is 10.1. The van der Waals surface area contributed by atoms with Gasteiger partial charge >= 0.3 is 12.0 Å². The van der Waals surface area contributed by atoms with Crippen LogP contribution >= 0.6 is 11.3 Å². The van der Waals surface area contributed by atoms with Gasteiger partial charge in [-0.3, -0.25) is 5.32 Å². The van der Waals surface area contributed by atoms with Crippen molar-refractivity contribution >= 4 is 28.3 Å². The Morgan fingerprint density at radius 2 is 2.05 bits per heavy atom. The Labute approximate surface area is 115 Å². The second-order valence-corrected chi connectivity index (χ2v) is 5.24. The van der Waals surface area contributed by atoms with Crippen molar-refractivity contribution in [1.82, 2.24) is 5.32 Å². The highest BCUT2D eigenvalue weighted by molar-refractivity contribution is 7.16. The molecule has 1 heterocycles. The number of hydrogen-bond acceptors (Lipinski definition) is 4. The van der Waals surface area contributed by atoms with Gasteiger partial charge in [-0.25, -0.2) is 9.59 Å². The van der Waals surface area contributed by atoms with Gasteiger partial charge in [0.1, 0.15) is 5.00 Å². The van der Waals surface area contributed by atoms with E-state index in [2.05, 4.69) is 10.6 Å². The van der Waals surface area contributed by atoms with Gasteiger partial charge in [-0.2, -0.15) is 0 Å². The average molecular weight is 286 g/mol. The van der Waals surface area contributed by atoms with E-state index in [1.165, 1.54) is 11.3 Å². The second kappa shape index (κ2) is 7.10. The Hall–Kier alpha value is -1.60. The third kappa shape index (κ3) is 4.22. The number of amides is 2. The van der Waals surface area contributed by atoms with Gasteiger partial charge in [0.05, 0.1) is 5.56 Å². The smallest absolute Gasteiger partial charge is 0.338 e. The minimum Gasteiger partial charge on any atom is -0.478 e. The zero-order chi connectivity index (χ0) is 14.4. The highest BCUT2D eigenvalue weighted by atomic mass is 32.1. The summed E-state index contributed by atoms with van der Waals surface area (Å²) in [6, 6.07) is -0.403. The summed E-state index contributed by atoms with van der Waals surface area (Å²) in [7, 11) is 1.59. The monoisotopic (exact) mass is 286 g/mol. The molecule has 0 fully saturated rings. The van der Waals surface area contributed by atoms with Crippen LogP contribution in [0.1, 0.15) is 27.2 Å². The number of aryl methyl sites for hydroxylation is 1. The molecule has 7 heteroatoms. The maximum Gasteiger partial charge on any atom is 0.338 e. The molecule has 0 saturated heterocycles. The van der Waals surface area contributed by atoms with Crippen LogP contribution in [0.2, 0.25) is 0 Å². The second-order valence-electron chi connectivity index (χ2n) is 4.02. The summed E-state index contributed by atoms with van der Waals surface area (Å²) in [4.78, 5) is 23.7. The topological polar surface area (TPSA) is 87.7 Å². The van der Waals surface area contributed by atoms with Gasteiger partial charge in [0, 0.05) is 25.1 Å². The highest BCUT2D eigenvalue weighted by Crippen LogP contribution is 2.32. The predicted octanol–water partition coefficient (Wildman–Crippen LogP) is 2.22. The molecule has 0 aromatic carbocycles. The molecule has 0 bridgehead atoms. The molecule has 0 unspecified atom stereocenters. The van der Waals surface area contributed by atoms with Crippen LogP contribution < -0.4 is 10.6 Å². The molecule has 1 aromatic heterocycles. The van der Waals surface area contributed by atoms with Crippen LogP contribution in [0, 0.1) is 13.8 Å². The van der Waals surface area contributed by atoms with Crippen molar-refractivity contribution in [2.75, 3.05) is 25.6 Å². The minimum absolute atomic E-state index is 0.162. The first-order valence-corrected chi connectivity index (χ1v) is 6.66. The van der Waals surface area contributed by atoms with Crippen molar-refractivity contribution < 1.29 is 19.4 Å². The van der Waals surface area contributed by atoms with Crippen LogP contribution in [0.5, 0.6) is 0 Å². The summed E-state index contributed by atoms with van der Waals surface area (Å²) in [6.07, 6.45) is 0.707. The lowest BCUT2D eigenvalue weighted by Crippen LogP contribution is -2.30. The number of rotatable bonds is 6. The Morgan fingerprint density at radius 3 is 2.63 bits per heavy atom. The van der Waals surface area contributed by atoms with Crippen molar-refractivity contribution in [3.05, 3.63) is 16.0 Å². The minimum atomic E-state index is -1.03. The number of anilines is 1. The number of aromatic carboxylic acids is 1. The first-order valence-electron chi connectivity index (χ1n) is 5.84. The molecule has 0 aliphatic rings. The van der Waals surface area contributed by atoms with Crippen LogP contribution in [0.25, 0.3) is 0 Å². The Bertz CT molecular complexity index is 471. The summed E-state index contributed by atoms with van der Waals surface area (Å²) in [5.74, 6) is -1.03. The maximum atomic E-state index is 11.6. The molecule has 3 N–H and O–H groups in total. The molecular weight excluding hydrogens is 268 g/mol. The number of ether oxygens (including phenoxy) is 1. The molecule has 0 atom stereocenters. The normalized spacial score (nSPS) is 10.3. The number of carbonyl (C=O) groups excluding carboxylic acids is 1. The van der Waals surface area contributed by atoms with Crippen molar-refractivity contribution in [3.63, 3.8) is 0 Å². The lowest BCUT2D eigenvalue weighted by molar-refractivity contribution is 0.0697. The van der Waals surface area contributed by atoms with Crippen molar-refractivity contribution in [2.24, 2.45) is 0 Å². The van der Waals surface area contributed by atoms with E-state index in [1.54, 1.807) is 14.0 Å². The Kier molecular flexibility index (Phi) is 5.78. The summed E-state index contributed by atoms with van der Waals surface area (Å²) < 4.78 is 4.86. The maximum absolute atomic E-state index is 11.6. The SMILES string of the molecule is COCCCNC(=O)Nc1sc(C)c(C)c1C(=O)O. The van der Waals surface area contributed by atoms with E-state index in [-0.39, 0.29) is 5.56 Å². The molecule has 0 spiro atoms. The summed E-state index contributed by atoms with van der Waals surface area (Å²) >= 11 is 1.26. The number of hydrogen-bond donors (Lipinski definition) is 3.